The Hall–Kier alpha value is -5.25. The van der Waals surface area contributed by atoms with Gasteiger partial charge in [-0.1, -0.05) is 80.0 Å². The van der Waals surface area contributed by atoms with E-state index in [9.17, 15) is 18.5 Å². The Kier molecular flexibility index (Phi) is 15.3. The van der Waals surface area contributed by atoms with E-state index in [1.165, 1.54) is 29.6 Å². The number of benzene rings is 5. The Morgan fingerprint density at radius 2 is 1.58 bits per heavy atom. The minimum Gasteiger partial charge on any atom is -0.376 e. The number of nitrogens with one attached hydrogen (secondary N) is 2. The molecule has 5 aromatic carbocycles. The summed E-state index contributed by atoms with van der Waals surface area (Å²) in [5, 5.41) is 17.1. The molecule has 1 atom stereocenters. The number of rotatable bonds is 20. The van der Waals surface area contributed by atoms with E-state index in [0.29, 0.717) is 16.7 Å². The predicted octanol–water partition coefficient (Wildman–Crippen LogP) is 10.1. The Bertz CT molecular complexity index is 2540. The van der Waals surface area contributed by atoms with Gasteiger partial charge in [0.15, 0.2) is 5.82 Å². The number of halogens is 1. The summed E-state index contributed by atoms with van der Waals surface area (Å²) in [5.41, 5.74) is 5.03. The zero-order valence-corrected chi connectivity index (χ0v) is 37.5. The van der Waals surface area contributed by atoms with Gasteiger partial charge in [-0.3, -0.25) is 19.7 Å². The molecular formula is C47H53ClN8O4S2. The van der Waals surface area contributed by atoms with Gasteiger partial charge in [-0.25, -0.2) is 18.4 Å². The highest BCUT2D eigenvalue weighted by molar-refractivity contribution is 7.99. The molecule has 6 aromatic rings. The predicted molar refractivity (Wildman–Crippen MR) is 254 cm³/mol. The van der Waals surface area contributed by atoms with Crippen molar-refractivity contribution in [2.75, 3.05) is 66.5 Å². The van der Waals surface area contributed by atoms with E-state index >= 15 is 0 Å². The molecule has 1 aromatic heterocycles. The molecule has 1 fully saturated rings. The number of nitrogens with zero attached hydrogens (tertiary/aromatic N) is 6. The number of hydrogen-bond donors (Lipinski definition) is 2. The number of nitro groups is 1. The lowest BCUT2D eigenvalue weighted by Crippen LogP contribution is -2.46. The third-order valence-electron chi connectivity index (χ3n) is 11.0. The van der Waals surface area contributed by atoms with Crippen molar-refractivity contribution >= 4 is 67.2 Å². The van der Waals surface area contributed by atoms with Crippen LogP contribution in [0.15, 0.2) is 131 Å². The van der Waals surface area contributed by atoms with E-state index in [1.54, 1.807) is 11.8 Å². The van der Waals surface area contributed by atoms with Gasteiger partial charge in [0.1, 0.15) is 12.0 Å². The standard InChI is InChI=1S/C47H53ClN8O4S2/c1-3-22-53(23-4-2)24-21-38(33-61-40-13-9-6-10-14-40)51-44-20-17-41(31-46(44)56(57)58)62(59,60)52-47-43-19-16-39(30-45(43)49-34-50-47)55-27-25-54(26-28-55)32-36-29-37(48)15-18-42(36)35-11-7-5-8-12-35/h5-20,29-31,34,38,51H,3-4,21-28,32-33H2,1-2H3,(H,49,50,52)/t38-/m1/s1. The first kappa shape index (κ1) is 44.8. The normalized spacial score (nSPS) is 14.0. The Labute approximate surface area is 373 Å². The Balaban J connectivity index is 1.03. The second-order valence-electron chi connectivity index (χ2n) is 15.5. The molecular weight excluding hydrogens is 840 g/mol. The number of aromatic nitrogens is 2. The van der Waals surface area contributed by atoms with E-state index in [1.807, 2.05) is 72.8 Å². The summed E-state index contributed by atoms with van der Waals surface area (Å²) in [6.45, 7) is 11.2. The topological polar surface area (TPSA) is 137 Å². The zero-order valence-electron chi connectivity index (χ0n) is 35.1. The monoisotopic (exact) mass is 892 g/mol. The second-order valence-corrected chi connectivity index (χ2v) is 18.7. The highest BCUT2D eigenvalue weighted by atomic mass is 35.5. The molecule has 1 aliphatic heterocycles. The quantitative estimate of drug-likeness (QED) is 0.0431. The van der Waals surface area contributed by atoms with Gasteiger partial charge in [-0.05, 0) is 104 Å². The van der Waals surface area contributed by atoms with Gasteiger partial charge in [-0.15, -0.1) is 11.8 Å². The minimum atomic E-state index is -4.28. The molecule has 0 spiro atoms. The van der Waals surface area contributed by atoms with E-state index in [0.717, 1.165) is 98.9 Å². The fourth-order valence-corrected chi connectivity index (χ4v) is 10.1. The third kappa shape index (κ3) is 11.6. The van der Waals surface area contributed by atoms with Crippen LogP contribution in [0.3, 0.4) is 0 Å². The third-order valence-corrected chi connectivity index (χ3v) is 13.8. The SMILES string of the molecule is CCCN(CCC)CC[C@H](CSc1ccccc1)Nc1ccc(S(=O)(=O)Nc2ncnc3cc(N4CCN(Cc5cc(Cl)ccc5-c5ccccc5)CC4)ccc23)cc1[N+](=O)[O-]. The van der Waals surface area contributed by atoms with Crippen molar-refractivity contribution in [3.8, 4) is 11.1 Å². The molecule has 2 heterocycles. The molecule has 0 saturated carbocycles. The molecule has 62 heavy (non-hydrogen) atoms. The fourth-order valence-electron chi connectivity index (χ4n) is 7.90. The van der Waals surface area contributed by atoms with Crippen molar-refractivity contribution in [3.05, 3.63) is 142 Å². The smallest absolute Gasteiger partial charge is 0.293 e. The highest BCUT2D eigenvalue weighted by Gasteiger charge is 2.25. The number of sulfonamides is 1. The van der Waals surface area contributed by atoms with Crippen LogP contribution < -0.4 is 14.9 Å². The van der Waals surface area contributed by atoms with Crippen molar-refractivity contribution in [2.24, 2.45) is 0 Å². The summed E-state index contributed by atoms with van der Waals surface area (Å²) in [5.74, 6) is 0.765. The molecule has 0 amide bonds. The number of thioether (sulfide) groups is 1. The van der Waals surface area contributed by atoms with Crippen molar-refractivity contribution in [2.45, 2.75) is 55.5 Å². The summed E-state index contributed by atoms with van der Waals surface area (Å²) >= 11 is 8.12. The largest absolute Gasteiger partial charge is 0.376 e. The first-order valence-electron chi connectivity index (χ1n) is 21.1. The van der Waals surface area contributed by atoms with E-state index < -0.39 is 14.9 Å². The zero-order chi connectivity index (χ0) is 43.5. The summed E-state index contributed by atoms with van der Waals surface area (Å²) in [4.78, 5) is 28.7. The van der Waals surface area contributed by atoms with E-state index in [4.69, 9.17) is 11.6 Å². The van der Waals surface area contributed by atoms with Crippen molar-refractivity contribution in [1.82, 2.24) is 19.8 Å². The fraction of sp³-hybridized carbons (Fsp3) is 0.319. The molecule has 0 unspecified atom stereocenters. The molecule has 0 radical (unpaired) electrons. The average Bonchev–Trinajstić information content (AvgIpc) is 3.28. The first-order valence-corrected chi connectivity index (χ1v) is 24.0. The lowest BCUT2D eigenvalue weighted by atomic mass is 9.99. The molecule has 12 nitrogen and oxygen atoms in total. The molecule has 0 bridgehead atoms. The van der Waals surface area contributed by atoms with Crippen LogP contribution in [0.5, 0.6) is 0 Å². The van der Waals surface area contributed by atoms with Crippen molar-refractivity contribution < 1.29 is 13.3 Å². The van der Waals surface area contributed by atoms with Gasteiger partial charge >= 0.3 is 0 Å². The van der Waals surface area contributed by atoms with Crippen LogP contribution in [0.1, 0.15) is 38.7 Å². The number of piperazine rings is 1. The average molecular weight is 894 g/mol. The van der Waals surface area contributed by atoms with Crippen LogP contribution in [-0.4, -0.2) is 90.7 Å². The maximum atomic E-state index is 13.9. The Morgan fingerprint density at radius 3 is 2.29 bits per heavy atom. The minimum absolute atomic E-state index is 0.0914. The van der Waals surface area contributed by atoms with Crippen LogP contribution in [0.2, 0.25) is 5.02 Å². The summed E-state index contributed by atoms with van der Waals surface area (Å²) in [6, 6.07) is 36.1. The second kappa shape index (κ2) is 21.2. The molecule has 15 heteroatoms. The van der Waals surface area contributed by atoms with Gasteiger partial charge < -0.3 is 15.1 Å². The molecule has 7 rings (SSSR count). The highest BCUT2D eigenvalue weighted by Crippen LogP contribution is 2.33. The van der Waals surface area contributed by atoms with Crippen molar-refractivity contribution in [1.29, 1.82) is 0 Å². The van der Waals surface area contributed by atoms with E-state index in [2.05, 4.69) is 72.8 Å². The van der Waals surface area contributed by atoms with Crippen LogP contribution in [0, 0.1) is 10.1 Å². The van der Waals surface area contributed by atoms with Gasteiger partial charge in [0.05, 0.1) is 15.3 Å². The Morgan fingerprint density at radius 1 is 0.855 bits per heavy atom. The van der Waals surface area contributed by atoms with Gasteiger partial charge in [-0.2, -0.15) is 0 Å². The molecule has 0 aliphatic carbocycles. The number of anilines is 3. The van der Waals surface area contributed by atoms with Gasteiger partial charge in [0, 0.05) is 78.1 Å². The summed E-state index contributed by atoms with van der Waals surface area (Å²) in [6.07, 6.45) is 4.17. The lowest BCUT2D eigenvalue weighted by Gasteiger charge is -2.36. The van der Waals surface area contributed by atoms with Crippen LogP contribution in [0.4, 0.5) is 22.9 Å². The molecule has 324 valence electrons. The first-order chi connectivity index (χ1) is 30.1. The van der Waals surface area contributed by atoms with Crippen LogP contribution in [-0.2, 0) is 16.6 Å². The maximum Gasteiger partial charge on any atom is 0.293 e. The van der Waals surface area contributed by atoms with Gasteiger partial charge in [0.2, 0.25) is 0 Å². The lowest BCUT2D eigenvalue weighted by molar-refractivity contribution is -0.384. The summed E-state index contributed by atoms with van der Waals surface area (Å²) < 4.78 is 30.3. The molecule has 1 saturated heterocycles. The summed E-state index contributed by atoms with van der Waals surface area (Å²) in [7, 11) is -4.28. The number of fused-ring (bicyclic) bond motifs is 1. The van der Waals surface area contributed by atoms with E-state index in [-0.39, 0.29) is 28.1 Å². The van der Waals surface area contributed by atoms with Crippen molar-refractivity contribution in [3.63, 3.8) is 0 Å². The molecule has 2 N–H and O–H groups in total. The maximum absolute atomic E-state index is 13.9. The van der Waals surface area contributed by atoms with Crippen LogP contribution in [0.25, 0.3) is 22.0 Å². The number of nitro benzene ring substituents is 1. The van der Waals surface area contributed by atoms with Gasteiger partial charge in [0.25, 0.3) is 15.7 Å². The van der Waals surface area contributed by atoms with Crippen LogP contribution >= 0.6 is 23.4 Å². The molecule has 1 aliphatic rings. The number of hydrogen-bond acceptors (Lipinski definition) is 11.